The molecular weight excluding hydrogens is 423 g/mol. The molecule has 1 aliphatic heterocycles. The number of sulfonamides is 1. The molecule has 0 bridgehead atoms. The Bertz CT molecular complexity index is 865. The molecule has 28 heavy (non-hydrogen) atoms. The first-order valence-electron chi connectivity index (χ1n) is 8.51. The summed E-state index contributed by atoms with van der Waals surface area (Å²) in [4.78, 5) is 11.2. The number of alkyl halides is 3. The maximum atomic E-state index is 12.9. The summed E-state index contributed by atoms with van der Waals surface area (Å²) in [6.07, 6.45) is -3.34. The predicted octanol–water partition coefficient (Wildman–Crippen LogP) is 1.82. The molecule has 4 atom stereocenters. The highest BCUT2D eigenvalue weighted by Gasteiger charge is 2.45. The van der Waals surface area contributed by atoms with Gasteiger partial charge >= 0.3 is 12.1 Å². The van der Waals surface area contributed by atoms with Gasteiger partial charge in [0.2, 0.25) is 10.0 Å². The van der Waals surface area contributed by atoms with Crippen molar-refractivity contribution in [2.45, 2.75) is 48.5 Å². The Hall–Kier alpha value is -1.40. The van der Waals surface area contributed by atoms with Gasteiger partial charge in [0.25, 0.3) is 0 Å². The number of halogens is 4. The summed E-state index contributed by atoms with van der Waals surface area (Å²) in [6, 6.07) is 0.955. The first-order chi connectivity index (χ1) is 13.0. The Kier molecular flexibility index (Phi) is 5.93. The van der Waals surface area contributed by atoms with Gasteiger partial charge in [-0.2, -0.15) is 13.2 Å². The molecule has 156 valence electrons. The molecule has 3 N–H and O–H groups in total. The van der Waals surface area contributed by atoms with Gasteiger partial charge in [-0.15, -0.1) is 0 Å². The van der Waals surface area contributed by atoms with Crippen LogP contribution in [0.2, 0.25) is 5.02 Å². The highest BCUT2D eigenvalue weighted by atomic mass is 35.5. The van der Waals surface area contributed by atoms with Gasteiger partial charge in [-0.05, 0) is 37.5 Å². The molecule has 3 rings (SSSR count). The lowest BCUT2D eigenvalue weighted by atomic mass is 9.79. The van der Waals surface area contributed by atoms with Gasteiger partial charge in [0.15, 0.2) is 0 Å². The van der Waals surface area contributed by atoms with Gasteiger partial charge in [0.05, 0.1) is 17.7 Å². The van der Waals surface area contributed by atoms with Gasteiger partial charge in [0, 0.05) is 18.0 Å². The van der Waals surface area contributed by atoms with E-state index in [9.17, 15) is 26.4 Å². The van der Waals surface area contributed by atoms with E-state index in [0.717, 1.165) is 12.1 Å². The molecule has 1 aromatic carbocycles. The second kappa shape index (κ2) is 7.79. The highest BCUT2D eigenvalue weighted by Crippen LogP contribution is 2.35. The van der Waals surface area contributed by atoms with Crippen LogP contribution < -0.4 is 15.6 Å². The third-order valence-electron chi connectivity index (χ3n) is 5.08. The molecule has 1 heterocycles. The largest absolute Gasteiger partial charge is 0.468 e. The summed E-state index contributed by atoms with van der Waals surface area (Å²) in [5.41, 5.74) is 4.75. The number of carbonyl (C=O) groups is 1. The van der Waals surface area contributed by atoms with Crippen molar-refractivity contribution in [1.29, 1.82) is 0 Å². The Morgan fingerprint density at radius 2 is 2.00 bits per heavy atom. The van der Waals surface area contributed by atoms with Crippen molar-refractivity contribution in [2.75, 3.05) is 7.11 Å². The van der Waals surface area contributed by atoms with Crippen molar-refractivity contribution in [3.8, 4) is 0 Å². The zero-order valence-electron chi connectivity index (χ0n) is 14.7. The minimum Gasteiger partial charge on any atom is -0.468 e. The summed E-state index contributed by atoms with van der Waals surface area (Å²) in [5.74, 6) is -0.685. The average Bonchev–Trinajstić information content (AvgIpc) is 3.03. The molecule has 1 aromatic rings. The third kappa shape index (κ3) is 4.28. The average molecular weight is 442 g/mol. The van der Waals surface area contributed by atoms with Crippen molar-refractivity contribution in [1.82, 2.24) is 15.6 Å². The molecule has 12 heteroatoms. The first kappa shape index (κ1) is 21.3. The number of ether oxygens (including phenoxy) is 1. The minimum absolute atomic E-state index is 0.0259. The van der Waals surface area contributed by atoms with Gasteiger partial charge < -0.3 is 4.74 Å². The van der Waals surface area contributed by atoms with Crippen LogP contribution >= 0.6 is 11.6 Å². The molecule has 2 fully saturated rings. The van der Waals surface area contributed by atoms with E-state index in [4.69, 9.17) is 16.3 Å². The molecule has 1 saturated heterocycles. The number of hydrazine groups is 1. The van der Waals surface area contributed by atoms with Crippen LogP contribution in [0, 0.1) is 5.92 Å². The van der Waals surface area contributed by atoms with Crippen LogP contribution in [-0.2, 0) is 25.7 Å². The topological polar surface area (TPSA) is 96.5 Å². The van der Waals surface area contributed by atoms with Crippen LogP contribution in [0.3, 0.4) is 0 Å². The predicted molar refractivity (Wildman–Crippen MR) is 93.8 cm³/mol. The monoisotopic (exact) mass is 441 g/mol. The van der Waals surface area contributed by atoms with E-state index in [0.29, 0.717) is 25.3 Å². The number of hydrogen-bond acceptors (Lipinski definition) is 6. The molecule has 1 aliphatic carbocycles. The fourth-order valence-corrected chi connectivity index (χ4v) is 5.50. The van der Waals surface area contributed by atoms with Crippen LogP contribution in [0.1, 0.15) is 24.8 Å². The zero-order valence-corrected chi connectivity index (χ0v) is 16.3. The summed E-state index contributed by atoms with van der Waals surface area (Å²) >= 11 is 5.85. The van der Waals surface area contributed by atoms with Crippen molar-refractivity contribution in [3.05, 3.63) is 28.8 Å². The molecule has 1 saturated carbocycles. The number of benzene rings is 1. The fraction of sp³-hybridized carbons (Fsp3) is 0.562. The molecule has 0 spiro atoms. The van der Waals surface area contributed by atoms with E-state index < -0.39 is 44.7 Å². The highest BCUT2D eigenvalue weighted by molar-refractivity contribution is 7.89. The van der Waals surface area contributed by atoms with Crippen LogP contribution in [0.25, 0.3) is 0 Å². The molecule has 2 aliphatic rings. The summed E-state index contributed by atoms with van der Waals surface area (Å²) in [5, 5.41) is -0.300. The maximum Gasteiger partial charge on any atom is 0.416 e. The normalized spacial score (nSPS) is 28.0. The Balaban J connectivity index is 1.79. The summed E-state index contributed by atoms with van der Waals surface area (Å²) < 4.78 is 71.3. The summed E-state index contributed by atoms with van der Waals surface area (Å²) in [6.45, 7) is 0. The number of methoxy groups -OCH3 is 1. The molecule has 0 radical (unpaired) electrons. The van der Waals surface area contributed by atoms with Crippen molar-refractivity contribution in [3.63, 3.8) is 0 Å². The Morgan fingerprint density at radius 1 is 1.29 bits per heavy atom. The van der Waals surface area contributed by atoms with E-state index in [-0.39, 0.29) is 17.0 Å². The van der Waals surface area contributed by atoms with E-state index in [1.54, 1.807) is 0 Å². The van der Waals surface area contributed by atoms with Gasteiger partial charge in [0.1, 0.15) is 10.9 Å². The molecule has 0 aromatic heterocycles. The van der Waals surface area contributed by atoms with Crippen LogP contribution in [0.5, 0.6) is 0 Å². The zero-order chi connectivity index (χ0) is 20.7. The maximum absolute atomic E-state index is 12.9. The smallest absolute Gasteiger partial charge is 0.416 e. The van der Waals surface area contributed by atoms with E-state index >= 15 is 0 Å². The number of hydrogen-bond donors (Lipinski definition) is 3. The molecule has 0 amide bonds. The first-order valence-corrected chi connectivity index (χ1v) is 10.4. The molecular formula is C16H19ClF3N3O4S. The van der Waals surface area contributed by atoms with Gasteiger partial charge in [-0.25, -0.2) is 18.6 Å². The van der Waals surface area contributed by atoms with E-state index in [1.807, 2.05) is 0 Å². The standard InChI is InChI=1S/C16H19ClF3N3O4S/c1-27-15(24)14-10-7-9(3-5-12(10)21-22-14)23-28(25,26)13-6-8(16(18,19)20)2-4-11(13)17/h2,4,6,9-10,12,14,21-23H,3,5,7H2,1H3. The minimum atomic E-state index is -4.69. The third-order valence-corrected chi connectivity index (χ3v) is 7.08. The van der Waals surface area contributed by atoms with Gasteiger partial charge in [-0.1, -0.05) is 11.6 Å². The van der Waals surface area contributed by atoms with Crippen molar-refractivity contribution >= 4 is 27.6 Å². The number of nitrogens with one attached hydrogen (secondary N) is 3. The van der Waals surface area contributed by atoms with Crippen molar-refractivity contribution < 1.29 is 31.1 Å². The second-order valence-corrected chi connectivity index (χ2v) is 8.92. The van der Waals surface area contributed by atoms with Gasteiger partial charge in [-0.3, -0.25) is 10.2 Å². The van der Waals surface area contributed by atoms with Crippen molar-refractivity contribution in [2.24, 2.45) is 5.92 Å². The number of esters is 1. The Morgan fingerprint density at radius 3 is 2.64 bits per heavy atom. The lowest BCUT2D eigenvalue weighted by Crippen LogP contribution is -2.46. The van der Waals surface area contributed by atoms with Crippen LogP contribution in [0.4, 0.5) is 13.2 Å². The SMILES string of the molecule is COC(=O)C1NNC2CCC(NS(=O)(=O)c3cc(C(F)(F)F)ccc3Cl)CC21. The van der Waals surface area contributed by atoms with Crippen LogP contribution in [-0.4, -0.2) is 39.6 Å². The van der Waals surface area contributed by atoms with E-state index in [1.165, 1.54) is 7.11 Å². The fourth-order valence-electron chi connectivity index (χ4n) is 3.69. The molecule has 4 unspecified atom stereocenters. The lowest BCUT2D eigenvalue weighted by molar-refractivity contribution is -0.144. The number of carbonyl (C=O) groups excluding carboxylic acids is 1. The second-order valence-electron chi connectivity index (χ2n) is 6.83. The molecule has 7 nitrogen and oxygen atoms in total. The lowest BCUT2D eigenvalue weighted by Gasteiger charge is -2.32. The number of fused-ring (bicyclic) bond motifs is 1. The summed E-state index contributed by atoms with van der Waals surface area (Å²) in [7, 11) is -3.02. The van der Waals surface area contributed by atoms with Crippen LogP contribution in [0.15, 0.2) is 23.1 Å². The Labute approximate surface area is 165 Å². The quantitative estimate of drug-likeness (QED) is 0.617. The number of rotatable bonds is 4. The van der Waals surface area contributed by atoms with E-state index in [2.05, 4.69) is 15.6 Å².